The minimum Gasteiger partial charge on any atom is -0.510 e. The molecule has 10 rings (SSSR count). The van der Waals surface area contributed by atoms with Crippen LogP contribution in [0.15, 0.2) is 102 Å². The summed E-state index contributed by atoms with van der Waals surface area (Å²) in [5, 5.41) is 2.37. The van der Waals surface area contributed by atoms with Crippen molar-refractivity contribution in [2.24, 2.45) is 10.9 Å². The van der Waals surface area contributed by atoms with Crippen LogP contribution < -0.4 is 4.74 Å². The summed E-state index contributed by atoms with van der Waals surface area (Å²) in [6.45, 7) is 22.9. The molecule has 5 nitrogen and oxygen atoms in total. The van der Waals surface area contributed by atoms with E-state index in [0.29, 0.717) is 35.2 Å². The average molecular weight is 1030 g/mol. The first-order chi connectivity index (χ1) is 30.2. The Morgan fingerprint density at radius 3 is 2.20 bits per heavy atom. The largest absolute Gasteiger partial charge is 2.00 e. The number of hydrogen-bond donors (Lipinski definition) is 0. The molecule has 3 aliphatic rings. The second-order valence-corrected chi connectivity index (χ2v) is 20.7. The van der Waals surface area contributed by atoms with E-state index in [1.807, 2.05) is 12.3 Å². The molecule has 0 radical (unpaired) electrons. The van der Waals surface area contributed by atoms with E-state index >= 15 is 0 Å². The van der Waals surface area contributed by atoms with Gasteiger partial charge in [-0.25, -0.2) is 4.98 Å². The molecule has 2 aromatic heterocycles. The van der Waals surface area contributed by atoms with Gasteiger partial charge in [-0.05, 0) is 93.0 Å². The maximum Gasteiger partial charge on any atom is 2.00 e. The van der Waals surface area contributed by atoms with Crippen molar-refractivity contribution in [3.63, 3.8) is 0 Å². The summed E-state index contributed by atoms with van der Waals surface area (Å²) in [5.41, 5.74) is 14.6. The van der Waals surface area contributed by atoms with Gasteiger partial charge in [0.1, 0.15) is 17.6 Å². The fourth-order valence-corrected chi connectivity index (χ4v) is 10.8. The van der Waals surface area contributed by atoms with Crippen molar-refractivity contribution in [1.82, 2.24) is 9.55 Å². The molecule has 0 unspecified atom stereocenters. The Labute approximate surface area is 395 Å². The minimum absolute atomic E-state index is 0. The molecular weight excluding hydrogens is 966 g/mol. The third-order valence-electron chi connectivity index (χ3n) is 14.3. The van der Waals surface area contributed by atoms with E-state index < -0.39 is 0 Å². The number of pyridine rings is 1. The molecule has 1 fully saturated rings. The van der Waals surface area contributed by atoms with E-state index in [1.165, 1.54) is 82.0 Å². The van der Waals surface area contributed by atoms with Gasteiger partial charge in [-0.2, -0.15) is 6.07 Å². The van der Waals surface area contributed by atoms with Gasteiger partial charge in [-0.1, -0.05) is 172 Å². The zero-order chi connectivity index (χ0) is 43.9. The molecule has 4 heterocycles. The topological polar surface area (TPSA) is 48.6 Å². The number of fused-ring (bicyclic) bond motifs is 5. The molecule has 0 N–H and O–H groups in total. The van der Waals surface area contributed by atoms with Gasteiger partial charge in [0.25, 0.3) is 0 Å². The maximum atomic E-state index is 7.14. The van der Waals surface area contributed by atoms with Crippen LogP contribution in [0.3, 0.4) is 0 Å². The molecule has 0 bridgehead atoms. The molecule has 330 valence electrons. The van der Waals surface area contributed by atoms with E-state index in [1.54, 1.807) is 0 Å². The average Bonchev–Trinajstić information content (AvgIpc) is 3.87. The third-order valence-corrected chi connectivity index (χ3v) is 14.3. The zero-order valence-electron chi connectivity index (χ0n) is 39.1. The van der Waals surface area contributed by atoms with E-state index in [9.17, 15) is 0 Å². The predicted molar refractivity (Wildman–Crippen MR) is 259 cm³/mol. The summed E-state index contributed by atoms with van der Waals surface area (Å²) >= 11 is 0. The molecule has 2 atom stereocenters. The third kappa shape index (κ3) is 7.54. The molecule has 1 aliphatic carbocycles. The van der Waals surface area contributed by atoms with Crippen molar-refractivity contribution in [1.29, 1.82) is 0 Å². The normalized spacial score (nSPS) is 18.3. The quantitative estimate of drug-likeness (QED) is 0.143. The Balaban J connectivity index is 0.00000518. The van der Waals surface area contributed by atoms with Crippen LogP contribution in [0.5, 0.6) is 11.5 Å². The van der Waals surface area contributed by atoms with E-state index in [0.717, 1.165) is 33.4 Å². The van der Waals surface area contributed by atoms with Gasteiger partial charge in [0, 0.05) is 28.5 Å². The summed E-state index contributed by atoms with van der Waals surface area (Å²) in [5.74, 6) is 3.04. The van der Waals surface area contributed by atoms with Gasteiger partial charge >= 0.3 is 21.1 Å². The van der Waals surface area contributed by atoms with Crippen LogP contribution in [0.25, 0.3) is 38.8 Å². The Kier molecular flexibility index (Phi) is 11.6. The Bertz CT molecular complexity index is 2900. The van der Waals surface area contributed by atoms with Crippen LogP contribution in [-0.2, 0) is 36.6 Å². The first-order valence-corrected chi connectivity index (χ1v) is 23.4. The van der Waals surface area contributed by atoms with Crippen molar-refractivity contribution in [2.75, 3.05) is 0 Å². The summed E-state index contributed by atoms with van der Waals surface area (Å²) in [6, 6.07) is 40.9. The molecule has 0 spiro atoms. The summed E-state index contributed by atoms with van der Waals surface area (Å²) in [4.78, 5) is 10.5. The van der Waals surface area contributed by atoms with Crippen molar-refractivity contribution in [2.45, 2.75) is 136 Å². The number of aliphatic imine (C=N–C) groups is 1. The first-order valence-electron chi connectivity index (χ1n) is 23.4. The number of hydrogen-bond acceptors (Lipinski definition) is 4. The minimum atomic E-state index is -0.297. The number of ether oxygens (including phenoxy) is 2. The van der Waals surface area contributed by atoms with Crippen molar-refractivity contribution in [3.8, 4) is 28.3 Å². The fourth-order valence-electron chi connectivity index (χ4n) is 10.8. The van der Waals surface area contributed by atoms with Crippen LogP contribution in [0, 0.1) is 25.0 Å². The number of aryl methyl sites for hydroxylation is 1. The van der Waals surface area contributed by atoms with Gasteiger partial charge in [0.05, 0.1) is 11.6 Å². The number of aromatic nitrogens is 2. The second-order valence-electron chi connectivity index (χ2n) is 20.7. The monoisotopic (exact) mass is 1030 g/mol. The smallest absolute Gasteiger partial charge is 0.510 e. The Hall–Kier alpha value is -4.99. The number of rotatable bonds is 8. The Morgan fingerprint density at radius 1 is 0.797 bits per heavy atom. The number of benzene rings is 5. The zero-order valence-corrected chi connectivity index (χ0v) is 41.4. The maximum absolute atomic E-state index is 7.14. The van der Waals surface area contributed by atoms with Crippen LogP contribution in [0.2, 0.25) is 0 Å². The fraction of sp³-hybridized carbons (Fsp3) is 0.379. The molecule has 2 aliphatic heterocycles. The predicted octanol–water partition coefficient (Wildman–Crippen LogP) is 15.2. The second kappa shape index (κ2) is 16.8. The summed E-state index contributed by atoms with van der Waals surface area (Å²) in [6.07, 6.45) is 7.89. The molecule has 64 heavy (non-hydrogen) atoms. The van der Waals surface area contributed by atoms with Gasteiger partial charge in [-0.15, -0.1) is 23.3 Å². The first kappa shape index (κ1) is 44.2. The van der Waals surface area contributed by atoms with Crippen molar-refractivity contribution < 1.29 is 30.5 Å². The van der Waals surface area contributed by atoms with E-state index in [-0.39, 0.29) is 44.0 Å². The van der Waals surface area contributed by atoms with Crippen LogP contribution in [-0.4, -0.2) is 21.5 Å². The van der Waals surface area contributed by atoms with Gasteiger partial charge < -0.3 is 14.0 Å². The van der Waals surface area contributed by atoms with Gasteiger partial charge in [0.15, 0.2) is 0 Å². The van der Waals surface area contributed by atoms with Gasteiger partial charge in [0.2, 0.25) is 0 Å². The van der Waals surface area contributed by atoms with E-state index in [4.69, 9.17) is 19.5 Å². The molecule has 6 heteroatoms. The van der Waals surface area contributed by atoms with Crippen LogP contribution in [0.4, 0.5) is 0 Å². The number of nitrogens with zero attached hydrogens (tertiary/aromatic N) is 3. The molecule has 7 aromatic rings. The van der Waals surface area contributed by atoms with Gasteiger partial charge in [-0.3, -0.25) is 4.99 Å². The molecular formula is C58H61N3O2Pt. The standard InChI is InChI=1S/C58H61N3O2.Pt/c1-34(2)43-23-17-24-44(35(3)4)51(43)39-28-40(56-60-52(37-19-13-11-14-20-37)54(63-56)38-21-15-12-16-22-38)30-42(29-39)62-50-33-49-47(27-36(50)5)58(9,10)48-32-41(57(6,7)8)31-46-45-25-18-26-59-55(45)61(49)53(46)48;/h12,15-18,21-29,31-32,34-35,37,52,54H,11,13-14,19-20H2,1-10H3;/q-2;+2/t52-,54-;/m1./s1. The Morgan fingerprint density at radius 2 is 1.52 bits per heavy atom. The molecule has 5 aromatic carbocycles. The van der Waals surface area contributed by atoms with Crippen molar-refractivity contribution >= 4 is 27.8 Å². The summed E-state index contributed by atoms with van der Waals surface area (Å²) < 4.78 is 16.5. The van der Waals surface area contributed by atoms with Crippen LogP contribution in [0.1, 0.15) is 157 Å². The summed E-state index contributed by atoms with van der Waals surface area (Å²) in [7, 11) is 0. The SMILES string of the molecule is Cc1cc2c([c-]c1Oc1[c-]c(C3=N[C@H](C4CCCCC4)[C@@H](c4ccccc4)O3)cc(-c3c(C(C)C)cccc3C(C)C)c1)-n1c3ncccc3c3cc(C(C)(C)C)cc(c31)C2(C)C.[Pt+2]. The molecule has 1 saturated carbocycles. The van der Waals surface area contributed by atoms with E-state index in [2.05, 4.69) is 171 Å². The van der Waals surface area contributed by atoms with Crippen LogP contribution >= 0.6 is 0 Å². The molecule has 0 saturated heterocycles. The van der Waals surface area contributed by atoms with Crippen molar-refractivity contribution in [3.05, 3.63) is 154 Å². The molecule has 0 amide bonds.